The average molecular weight is 999 g/mol. The molecular formula is C74H54N4. The van der Waals surface area contributed by atoms with Crippen molar-refractivity contribution in [2.45, 2.75) is 0 Å². The Balaban J connectivity index is 0.984. The largest absolute Gasteiger partial charge is 0.311 e. The molecule has 0 aliphatic rings. The van der Waals surface area contributed by atoms with Crippen LogP contribution in [0.3, 0.4) is 0 Å². The van der Waals surface area contributed by atoms with Crippen molar-refractivity contribution < 1.29 is 0 Å². The van der Waals surface area contributed by atoms with Crippen molar-refractivity contribution in [2.75, 3.05) is 19.6 Å². The van der Waals surface area contributed by atoms with Crippen molar-refractivity contribution in [3.63, 3.8) is 0 Å². The van der Waals surface area contributed by atoms with Crippen LogP contribution in [0.2, 0.25) is 0 Å². The van der Waals surface area contributed by atoms with E-state index in [4.69, 9.17) is 0 Å². The van der Waals surface area contributed by atoms with Gasteiger partial charge in [0.05, 0.1) is 0 Å². The topological polar surface area (TPSA) is 13.0 Å². The summed E-state index contributed by atoms with van der Waals surface area (Å²) in [4.78, 5) is 9.37. The third-order valence-electron chi connectivity index (χ3n) is 14.5. The van der Waals surface area contributed by atoms with Crippen LogP contribution in [-0.4, -0.2) is 0 Å². The van der Waals surface area contributed by atoms with Crippen LogP contribution in [0.5, 0.6) is 0 Å². The molecule has 370 valence electrons. The molecule has 0 heterocycles. The molecule has 0 saturated carbocycles. The van der Waals surface area contributed by atoms with E-state index in [1.165, 1.54) is 32.7 Å². The van der Waals surface area contributed by atoms with Gasteiger partial charge in [0.2, 0.25) is 0 Å². The summed E-state index contributed by atoms with van der Waals surface area (Å²) in [5.74, 6) is 0. The molecule has 0 fully saturated rings. The second-order valence-corrected chi connectivity index (χ2v) is 19.3. The summed E-state index contributed by atoms with van der Waals surface area (Å²) >= 11 is 0. The number of nitrogens with zero attached hydrogens (tertiary/aromatic N) is 4. The fourth-order valence-corrected chi connectivity index (χ4v) is 11.1. The molecule has 0 radical (unpaired) electrons. The molecule has 0 atom stereocenters. The highest BCUT2D eigenvalue weighted by molar-refractivity contribution is 6.22. The Bertz CT molecular complexity index is 3740. The number of anilines is 12. The van der Waals surface area contributed by atoms with Crippen molar-refractivity contribution in [2.24, 2.45) is 0 Å². The lowest BCUT2D eigenvalue weighted by atomic mass is 9.85. The van der Waals surface area contributed by atoms with Crippen LogP contribution in [0.4, 0.5) is 68.2 Å². The number of hydrogen-bond acceptors (Lipinski definition) is 4. The molecule has 0 saturated heterocycles. The summed E-state index contributed by atoms with van der Waals surface area (Å²) in [6, 6.07) is 118. The quantitative estimate of drug-likeness (QED) is 0.101. The van der Waals surface area contributed by atoms with Gasteiger partial charge in [-0.1, -0.05) is 182 Å². The molecule has 0 amide bonds. The van der Waals surface area contributed by atoms with Crippen LogP contribution in [0.15, 0.2) is 328 Å². The summed E-state index contributed by atoms with van der Waals surface area (Å²) in [6.45, 7) is 0. The Hall–Kier alpha value is -10.4. The van der Waals surface area contributed by atoms with Crippen LogP contribution in [0.25, 0.3) is 43.8 Å². The summed E-state index contributed by atoms with van der Waals surface area (Å²) in [5.41, 5.74) is 17.6. The van der Waals surface area contributed by atoms with Gasteiger partial charge in [0.15, 0.2) is 0 Å². The first-order chi connectivity index (χ1) is 38.7. The molecule has 0 spiro atoms. The van der Waals surface area contributed by atoms with E-state index in [9.17, 15) is 0 Å². The second-order valence-electron chi connectivity index (χ2n) is 19.3. The Kier molecular flexibility index (Phi) is 13.0. The third kappa shape index (κ3) is 9.29. The standard InChI is InChI=1S/C74H54N4/c1-9-25-55(26-10-1)73-69-51-49-68(78(62-39-23-8-24-40-62)66-47-43-64(44-48-66)76(59-33-17-5-18-34-59)60-35-19-6-20-36-60)54-72(69)74(56-27-11-2-12-28-56)70-52-50-67(53-71(70)73)77(61-37-21-7-22-38-61)65-45-41-63(42-46-65)75(57-29-13-3-14-30-57)58-31-15-4-16-32-58/h1-54H. The van der Waals surface area contributed by atoms with Crippen molar-refractivity contribution in [1.82, 2.24) is 0 Å². The van der Waals surface area contributed by atoms with E-state index < -0.39 is 0 Å². The molecule has 0 aromatic heterocycles. The molecule has 13 rings (SSSR count). The first kappa shape index (κ1) is 47.3. The summed E-state index contributed by atoms with van der Waals surface area (Å²) in [7, 11) is 0. The first-order valence-corrected chi connectivity index (χ1v) is 26.6. The molecule has 4 heteroatoms. The number of benzene rings is 13. The monoisotopic (exact) mass is 998 g/mol. The van der Waals surface area contributed by atoms with Crippen LogP contribution in [0.1, 0.15) is 0 Å². The predicted molar refractivity (Wildman–Crippen MR) is 331 cm³/mol. The molecule has 0 unspecified atom stereocenters. The number of rotatable bonds is 14. The van der Waals surface area contributed by atoms with Gasteiger partial charge in [-0.2, -0.15) is 0 Å². The highest BCUT2D eigenvalue weighted by Crippen LogP contribution is 2.49. The minimum atomic E-state index is 1.06. The fourth-order valence-electron chi connectivity index (χ4n) is 11.1. The van der Waals surface area contributed by atoms with Gasteiger partial charge in [-0.3, -0.25) is 0 Å². The molecule has 13 aromatic rings. The van der Waals surface area contributed by atoms with E-state index in [0.717, 1.165) is 79.4 Å². The molecule has 78 heavy (non-hydrogen) atoms. The van der Waals surface area contributed by atoms with Crippen molar-refractivity contribution in [1.29, 1.82) is 0 Å². The van der Waals surface area contributed by atoms with Crippen molar-refractivity contribution in [3.05, 3.63) is 328 Å². The van der Waals surface area contributed by atoms with Crippen LogP contribution >= 0.6 is 0 Å². The van der Waals surface area contributed by atoms with Gasteiger partial charge < -0.3 is 19.6 Å². The Morgan fingerprint density at radius 1 is 0.141 bits per heavy atom. The Labute approximate surface area is 456 Å². The van der Waals surface area contributed by atoms with Crippen LogP contribution in [0, 0.1) is 0 Å². The average Bonchev–Trinajstić information content (AvgIpc) is 3.53. The maximum Gasteiger partial charge on any atom is 0.0468 e. The van der Waals surface area contributed by atoms with Gasteiger partial charge in [0.1, 0.15) is 0 Å². The van der Waals surface area contributed by atoms with Gasteiger partial charge >= 0.3 is 0 Å². The van der Waals surface area contributed by atoms with Crippen LogP contribution in [-0.2, 0) is 0 Å². The van der Waals surface area contributed by atoms with Crippen molar-refractivity contribution >= 4 is 89.8 Å². The first-order valence-electron chi connectivity index (χ1n) is 26.6. The lowest BCUT2D eigenvalue weighted by molar-refractivity contribution is 1.26. The van der Waals surface area contributed by atoms with Gasteiger partial charge in [0, 0.05) is 68.2 Å². The van der Waals surface area contributed by atoms with E-state index in [0.29, 0.717) is 0 Å². The third-order valence-corrected chi connectivity index (χ3v) is 14.5. The zero-order valence-corrected chi connectivity index (χ0v) is 43.0. The second kappa shape index (κ2) is 21.4. The maximum atomic E-state index is 2.41. The molecule has 0 bridgehead atoms. The molecule has 0 N–H and O–H groups in total. The van der Waals surface area contributed by atoms with E-state index >= 15 is 0 Å². The molecular weight excluding hydrogens is 945 g/mol. The minimum absolute atomic E-state index is 1.06. The van der Waals surface area contributed by atoms with Gasteiger partial charge in [-0.05, 0) is 189 Å². The highest BCUT2D eigenvalue weighted by Gasteiger charge is 2.23. The van der Waals surface area contributed by atoms with E-state index in [2.05, 4.69) is 347 Å². The highest BCUT2D eigenvalue weighted by atomic mass is 15.2. The minimum Gasteiger partial charge on any atom is -0.311 e. The summed E-state index contributed by atoms with van der Waals surface area (Å²) in [6.07, 6.45) is 0. The Morgan fingerprint density at radius 2 is 0.321 bits per heavy atom. The fraction of sp³-hybridized carbons (Fsp3) is 0. The SMILES string of the molecule is c1ccc(-c2c3ccc(N(c4ccccc4)c4ccc(N(c5ccccc5)c5ccccc5)cc4)cc3c(-c3ccccc3)c3ccc(N(c4ccccc4)c4ccc(N(c5ccccc5)c5ccccc5)cc4)cc23)cc1. The summed E-state index contributed by atoms with van der Waals surface area (Å²) < 4.78 is 0. The van der Waals surface area contributed by atoms with E-state index in [1.807, 2.05) is 0 Å². The lowest BCUT2D eigenvalue weighted by Gasteiger charge is -2.29. The summed E-state index contributed by atoms with van der Waals surface area (Å²) in [5, 5.41) is 4.70. The Morgan fingerprint density at radius 3 is 0.551 bits per heavy atom. The number of hydrogen-bond donors (Lipinski definition) is 0. The zero-order chi connectivity index (χ0) is 52.0. The normalized spacial score (nSPS) is 11.1. The van der Waals surface area contributed by atoms with Crippen LogP contribution < -0.4 is 19.6 Å². The maximum absolute atomic E-state index is 2.41. The zero-order valence-electron chi connectivity index (χ0n) is 43.0. The molecule has 4 nitrogen and oxygen atoms in total. The molecule has 0 aliphatic carbocycles. The van der Waals surface area contributed by atoms with E-state index in [-0.39, 0.29) is 0 Å². The van der Waals surface area contributed by atoms with Gasteiger partial charge in [-0.15, -0.1) is 0 Å². The predicted octanol–water partition coefficient (Wildman–Crippen LogP) is 21.2. The molecule has 0 aliphatic heterocycles. The smallest absolute Gasteiger partial charge is 0.0468 e. The van der Waals surface area contributed by atoms with E-state index in [1.54, 1.807) is 0 Å². The van der Waals surface area contributed by atoms with Gasteiger partial charge in [-0.25, -0.2) is 0 Å². The van der Waals surface area contributed by atoms with Crippen molar-refractivity contribution in [3.8, 4) is 22.3 Å². The lowest BCUT2D eigenvalue weighted by Crippen LogP contribution is -2.12. The number of fused-ring (bicyclic) bond motifs is 2. The van der Waals surface area contributed by atoms with Gasteiger partial charge in [0.25, 0.3) is 0 Å². The molecule has 13 aromatic carbocycles. The number of para-hydroxylation sites is 6.